The lowest BCUT2D eigenvalue weighted by molar-refractivity contribution is -0.129. The van der Waals surface area contributed by atoms with Gasteiger partial charge in [0, 0.05) is 26.3 Å². The first-order chi connectivity index (χ1) is 10.9. The van der Waals surface area contributed by atoms with Crippen LogP contribution in [0.15, 0.2) is 35.6 Å². The Balaban J connectivity index is 2.43. The third-order valence-electron chi connectivity index (χ3n) is 4.16. The predicted molar refractivity (Wildman–Crippen MR) is 90.5 cm³/mol. The Hall–Kier alpha value is -2.30. The lowest BCUT2D eigenvalue weighted by Gasteiger charge is -2.27. The van der Waals surface area contributed by atoms with Crippen molar-refractivity contribution in [3.05, 3.63) is 41.2 Å². The summed E-state index contributed by atoms with van der Waals surface area (Å²) >= 11 is 0. The molecule has 0 saturated heterocycles. The first-order valence-electron chi connectivity index (χ1n) is 7.90. The maximum atomic E-state index is 12.3. The Morgan fingerprint density at radius 2 is 1.87 bits per heavy atom. The largest absolute Gasteiger partial charge is 0.503 e. The molecule has 5 nitrogen and oxygen atoms in total. The van der Waals surface area contributed by atoms with E-state index >= 15 is 0 Å². The number of amides is 1. The summed E-state index contributed by atoms with van der Waals surface area (Å²) < 4.78 is 0. The first kappa shape index (κ1) is 17.1. The minimum absolute atomic E-state index is 0.198. The molecule has 0 radical (unpaired) electrons. The highest BCUT2D eigenvalue weighted by molar-refractivity contribution is 6.08. The molecule has 23 heavy (non-hydrogen) atoms. The smallest absolute Gasteiger partial charge is 0.290 e. The number of hydrogen-bond donors (Lipinski definition) is 1. The van der Waals surface area contributed by atoms with E-state index in [-0.39, 0.29) is 11.4 Å². The number of carbonyl (C=O) groups is 2. The van der Waals surface area contributed by atoms with Crippen molar-refractivity contribution in [3.63, 3.8) is 0 Å². The minimum Gasteiger partial charge on any atom is -0.503 e. The van der Waals surface area contributed by atoms with Crippen LogP contribution in [0.2, 0.25) is 0 Å². The summed E-state index contributed by atoms with van der Waals surface area (Å²) in [5.74, 6) is -1.13. The summed E-state index contributed by atoms with van der Waals surface area (Å²) in [7, 11) is 3.91. The third kappa shape index (κ3) is 3.23. The van der Waals surface area contributed by atoms with Crippen molar-refractivity contribution in [2.24, 2.45) is 0 Å². The number of rotatable bonds is 6. The molecular weight excluding hydrogens is 292 g/mol. The van der Waals surface area contributed by atoms with E-state index < -0.39 is 17.7 Å². The normalized spacial score (nSPS) is 17.8. The van der Waals surface area contributed by atoms with Gasteiger partial charge in [0.25, 0.3) is 5.91 Å². The Kier molecular flexibility index (Phi) is 5.08. The lowest BCUT2D eigenvalue weighted by Crippen LogP contribution is -2.31. The molecule has 1 unspecified atom stereocenters. The molecule has 1 aliphatic rings. The van der Waals surface area contributed by atoms with Crippen LogP contribution in [-0.4, -0.2) is 42.3 Å². The average molecular weight is 316 g/mol. The molecule has 1 aliphatic heterocycles. The van der Waals surface area contributed by atoms with Gasteiger partial charge in [-0.25, -0.2) is 0 Å². The number of benzene rings is 1. The monoisotopic (exact) mass is 316 g/mol. The van der Waals surface area contributed by atoms with Crippen LogP contribution in [0.4, 0.5) is 5.69 Å². The van der Waals surface area contributed by atoms with E-state index in [1.165, 1.54) is 6.92 Å². The van der Waals surface area contributed by atoms with Gasteiger partial charge in [-0.2, -0.15) is 0 Å². The summed E-state index contributed by atoms with van der Waals surface area (Å²) in [4.78, 5) is 27.9. The predicted octanol–water partition coefficient (Wildman–Crippen LogP) is 2.84. The quantitative estimate of drug-likeness (QED) is 0.876. The van der Waals surface area contributed by atoms with Gasteiger partial charge in [0.05, 0.1) is 11.6 Å². The maximum absolute atomic E-state index is 12.3. The van der Waals surface area contributed by atoms with E-state index in [4.69, 9.17) is 0 Å². The number of Topliss-reactive ketones (excluding diaryl/α,β-unsaturated/α-hetero) is 1. The Morgan fingerprint density at radius 3 is 2.35 bits per heavy atom. The van der Waals surface area contributed by atoms with Crippen molar-refractivity contribution in [2.45, 2.75) is 32.7 Å². The van der Waals surface area contributed by atoms with Crippen LogP contribution >= 0.6 is 0 Å². The van der Waals surface area contributed by atoms with Crippen molar-refractivity contribution in [3.8, 4) is 0 Å². The fourth-order valence-corrected chi connectivity index (χ4v) is 2.87. The molecule has 1 amide bonds. The molecule has 0 bridgehead atoms. The number of carbonyl (C=O) groups excluding carboxylic acids is 2. The number of hydrogen-bond acceptors (Lipinski definition) is 4. The summed E-state index contributed by atoms with van der Waals surface area (Å²) in [6.45, 7) is 3.96. The summed E-state index contributed by atoms with van der Waals surface area (Å²) in [6.07, 6.45) is 1.77. The number of aliphatic hydroxyl groups is 1. The molecule has 1 aromatic rings. The van der Waals surface area contributed by atoms with Crippen LogP contribution in [0.3, 0.4) is 0 Å². The second-order valence-electron chi connectivity index (χ2n) is 6.06. The van der Waals surface area contributed by atoms with Gasteiger partial charge < -0.3 is 14.9 Å². The second-order valence-corrected chi connectivity index (χ2v) is 6.06. The van der Waals surface area contributed by atoms with Gasteiger partial charge in [-0.05, 0) is 31.0 Å². The minimum atomic E-state index is -0.497. The van der Waals surface area contributed by atoms with Crippen molar-refractivity contribution in [2.75, 3.05) is 25.5 Å². The molecule has 1 atom stereocenters. The Labute approximate surface area is 137 Å². The van der Waals surface area contributed by atoms with Crippen LogP contribution in [0.25, 0.3) is 0 Å². The van der Waals surface area contributed by atoms with Gasteiger partial charge in [0.15, 0.2) is 11.5 Å². The zero-order valence-electron chi connectivity index (χ0n) is 14.2. The highest BCUT2D eigenvalue weighted by atomic mass is 16.3. The molecule has 0 aliphatic carbocycles. The molecule has 0 spiro atoms. The van der Waals surface area contributed by atoms with E-state index in [9.17, 15) is 14.7 Å². The molecule has 1 heterocycles. The van der Waals surface area contributed by atoms with Crippen LogP contribution in [0.5, 0.6) is 0 Å². The van der Waals surface area contributed by atoms with Crippen LogP contribution in [-0.2, 0) is 9.59 Å². The third-order valence-corrected chi connectivity index (χ3v) is 4.16. The molecule has 0 aromatic heterocycles. The number of nitrogens with zero attached hydrogens (tertiary/aromatic N) is 2. The molecule has 0 saturated carbocycles. The molecule has 0 fully saturated rings. The van der Waals surface area contributed by atoms with Crippen molar-refractivity contribution in [1.29, 1.82) is 0 Å². The number of ketones is 1. The molecule has 1 N–H and O–H groups in total. The zero-order chi connectivity index (χ0) is 17.1. The molecule has 1 aromatic carbocycles. The topological polar surface area (TPSA) is 60.9 Å². The standard InChI is InChI=1S/C18H24N2O3/c1-5-6-11-20-16(15(12(2)21)17(22)18(20)23)13-7-9-14(10-8-13)19(3)4/h7-10,16,22H,5-6,11H2,1-4H3. The highest BCUT2D eigenvalue weighted by Crippen LogP contribution is 2.38. The Morgan fingerprint density at radius 1 is 1.26 bits per heavy atom. The van der Waals surface area contributed by atoms with E-state index in [1.54, 1.807) is 4.90 Å². The summed E-state index contributed by atoms with van der Waals surface area (Å²) in [5, 5.41) is 10.1. The molecular formula is C18H24N2O3. The van der Waals surface area contributed by atoms with Gasteiger partial charge in [-0.3, -0.25) is 9.59 Å². The van der Waals surface area contributed by atoms with Gasteiger partial charge in [-0.15, -0.1) is 0 Å². The SMILES string of the molecule is CCCCN1C(=O)C(O)=C(C(C)=O)C1c1ccc(N(C)C)cc1. The molecule has 5 heteroatoms. The molecule has 2 rings (SSSR count). The summed E-state index contributed by atoms with van der Waals surface area (Å²) in [6, 6.07) is 7.22. The zero-order valence-corrected chi connectivity index (χ0v) is 14.2. The van der Waals surface area contributed by atoms with Crippen molar-refractivity contribution < 1.29 is 14.7 Å². The fraction of sp³-hybridized carbons (Fsp3) is 0.444. The van der Waals surface area contributed by atoms with Crippen LogP contribution in [0.1, 0.15) is 38.3 Å². The van der Waals surface area contributed by atoms with E-state index in [2.05, 4.69) is 0 Å². The van der Waals surface area contributed by atoms with Crippen LogP contribution in [0, 0.1) is 0 Å². The summed E-state index contributed by atoms with van der Waals surface area (Å²) in [5.41, 5.74) is 2.08. The number of unbranched alkanes of at least 4 members (excludes halogenated alkanes) is 1. The Bertz CT molecular complexity index is 632. The lowest BCUT2D eigenvalue weighted by atomic mass is 9.96. The van der Waals surface area contributed by atoms with Crippen molar-refractivity contribution in [1.82, 2.24) is 4.90 Å². The van der Waals surface area contributed by atoms with Gasteiger partial charge >= 0.3 is 0 Å². The van der Waals surface area contributed by atoms with Crippen molar-refractivity contribution >= 4 is 17.4 Å². The number of anilines is 1. The van der Waals surface area contributed by atoms with Gasteiger partial charge in [0.2, 0.25) is 0 Å². The highest BCUT2D eigenvalue weighted by Gasteiger charge is 2.41. The maximum Gasteiger partial charge on any atom is 0.290 e. The average Bonchev–Trinajstić information content (AvgIpc) is 2.77. The van der Waals surface area contributed by atoms with E-state index in [0.29, 0.717) is 6.54 Å². The first-order valence-corrected chi connectivity index (χ1v) is 7.90. The number of aliphatic hydroxyl groups excluding tert-OH is 1. The van der Waals surface area contributed by atoms with E-state index in [0.717, 1.165) is 24.1 Å². The van der Waals surface area contributed by atoms with Crippen LogP contribution < -0.4 is 4.90 Å². The fourth-order valence-electron chi connectivity index (χ4n) is 2.87. The van der Waals surface area contributed by atoms with Gasteiger partial charge in [0.1, 0.15) is 0 Å². The van der Waals surface area contributed by atoms with Gasteiger partial charge in [-0.1, -0.05) is 25.5 Å². The second kappa shape index (κ2) is 6.86. The van der Waals surface area contributed by atoms with E-state index in [1.807, 2.05) is 50.2 Å². The molecule has 124 valence electrons.